The Morgan fingerprint density at radius 1 is 1.43 bits per heavy atom. The van der Waals surface area contributed by atoms with Crippen molar-refractivity contribution < 1.29 is 4.79 Å². The van der Waals surface area contributed by atoms with Gasteiger partial charge in [0.25, 0.3) is 0 Å². The third kappa shape index (κ3) is 4.85. The summed E-state index contributed by atoms with van der Waals surface area (Å²) in [6.45, 7) is 2.12. The molecule has 0 unspecified atom stereocenters. The van der Waals surface area contributed by atoms with Crippen molar-refractivity contribution >= 4 is 17.5 Å². The van der Waals surface area contributed by atoms with Crippen LogP contribution in [0.3, 0.4) is 0 Å². The van der Waals surface area contributed by atoms with E-state index < -0.39 is 0 Å². The number of hydrogen-bond donors (Lipinski definition) is 0. The Hall–Kier alpha value is -0.240. The quantitative estimate of drug-likeness (QED) is 0.649. The minimum absolute atomic E-state index is 0.310. The summed E-state index contributed by atoms with van der Waals surface area (Å²) in [7, 11) is 0. The summed E-state index contributed by atoms with van der Waals surface area (Å²) in [4.78, 5) is 11.4. The number of hydrogen-bond acceptors (Lipinski definition) is 2. The predicted octanol–water partition coefficient (Wildman–Crippen LogP) is 3.45. The van der Waals surface area contributed by atoms with Crippen molar-refractivity contribution in [2.45, 2.75) is 39.0 Å². The van der Waals surface area contributed by atoms with E-state index in [2.05, 4.69) is 13.0 Å². The van der Waals surface area contributed by atoms with Crippen molar-refractivity contribution in [3.63, 3.8) is 0 Å². The zero-order valence-corrected chi connectivity index (χ0v) is 9.81. The maximum absolute atomic E-state index is 11.4. The van der Waals surface area contributed by atoms with Gasteiger partial charge in [-0.05, 0) is 42.8 Å². The molecule has 0 aromatic rings. The van der Waals surface area contributed by atoms with Crippen molar-refractivity contribution in [1.29, 1.82) is 0 Å². The molecule has 0 aromatic heterocycles. The summed E-state index contributed by atoms with van der Waals surface area (Å²) < 4.78 is 0. The first-order valence-electron chi connectivity index (χ1n) is 5.61. The summed E-state index contributed by atoms with van der Waals surface area (Å²) in [6.07, 6.45) is 9.33. The molecular weight excluding hydrogens is 192 g/mol. The van der Waals surface area contributed by atoms with Gasteiger partial charge in [0.15, 0.2) is 5.78 Å². The molecule has 2 heteroatoms. The van der Waals surface area contributed by atoms with E-state index in [1.807, 2.05) is 17.8 Å². The van der Waals surface area contributed by atoms with Crippen LogP contribution in [0.5, 0.6) is 0 Å². The maximum atomic E-state index is 11.4. The van der Waals surface area contributed by atoms with E-state index >= 15 is 0 Å². The molecule has 80 valence electrons. The monoisotopic (exact) mass is 212 g/mol. The highest BCUT2D eigenvalue weighted by Gasteiger charge is 2.10. The van der Waals surface area contributed by atoms with E-state index in [0.717, 1.165) is 19.3 Å². The highest BCUT2D eigenvalue weighted by atomic mass is 32.2. The molecular formula is C12H20OS. The van der Waals surface area contributed by atoms with Gasteiger partial charge in [-0.1, -0.05) is 19.4 Å². The Morgan fingerprint density at radius 2 is 2.14 bits per heavy atom. The van der Waals surface area contributed by atoms with Gasteiger partial charge in [-0.3, -0.25) is 4.79 Å². The summed E-state index contributed by atoms with van der Waals surface area (Å²) in [5, 5.41) is 0. The van der Waals surface area contributed by atoms with Gasteiger partial charge in [-0.25, -0.2) is 0 Å². The van der Waals surface area contributed by atoms with E-state index in [-0.39, 0.29) is 0 Å². The van der Waals surface area contributed by atoms with E-state index in [1.54, 1.807) is 0 Å². The van der Waals surface area contributed by atoms with Crippen LogP contribution in [0.2, 0.25) is 0 Å². The van der Waals surface area contributed by atoms with Gasteiger partial charge in [-0.2, -0.15) is 11.8 Å². The number of rotatable bonds is 5. The molecule has 0 N–H and O–H groups in total. The lowest BCUT2D eigenvalue weighted by atomic mass is 10.0. The van der Waals surface area contributed by atoms with Crippen LogP contribution >= 0.6 is 11.8 Å². The zero-order chi connectivity index (χ0) is 10.2. The van der Waals surface area contributed by atoms with Crippen molar-refractivity contribution in [2.24, 2.45) is 5.92 Å². The first-order valence-corrected chi connectivity index (χ1v) is 6.77. The summed E-state index contributed by atoms with van der Waals surface area (Å²) in [5.74, 6) is 3.50. The lowest BCUT2D eigenvalue weighted by Gasteiger charge is -2.17. The number of allylic oxidation sites excluding steroid dienone is 2. The summed E-state index contributed by atoms with van der Waals surface area (Å²) in [5.41, 5.74) is 0. The maximum Gasteiger partial charge on any atom is 0.155 e. The Balaban J connectivity index is 2.20. The minimum Gasteiger partial charge on any atom is -0.295 e. The average molecular weight is 212 g/mol. The minimum atomic E-state index is 0.310. The molecule has 0 atom stereocenters. The fourth-order valence-corrected chi connectivity index (χ4v) is 2.73. The van der Waals surface area contributed by atoms with E-state index in [9.17, 15) is 4.79 Å². The molecule has 1 nitrogen and oxygen atoms in total. The molecule has 1 saturated heterocycles. The van der Waals surface area contributed by atoms with Gasteiger partial charge in [0, 0.05) is 6.42 Å². The van der Waals surface area contributed by atoms with Gasteiger partial charge < -0.3 is 0 Å². The third-order valence-corrected chi connectivity index (χ3v) is 3.65. The number of unbranched alkanes of at least 4 members (excludes halogenated alkanes) is 1. The first kappa shape index (κ1) is 11.8. The van der Waals surface area contributed by atoms with Gasteiger partial charge in [0.1, 0.15) is 0 Å². The second kappa shape index (κ2) is 7.10. The van der Waals surface area contributed by atoms with Gasteiger partial charge in [0.2, 0.25) is 0 Å². The Kier molecular flexibility index (Phi) is 6.00. The molecule has 1 aliphatic rings. The lowest BCUT2D eigenvalue weighted by Crippen LogP contribution is -2.07. The molecule has 0 radical (unpaired) electrons. The molecule has 14 heavy (non-hydrogen) atoms. The highest BCUT2D eigenvalue weighted by molar-refractivity contribution is 7.99. The van der Waals surface area contributed by atoms with Gasteiger partial charge in [0.05, 0.1) is 0 Å². The fourth-order valence-electron chi connectivity index (χ4n) is 1.59. The van der Waals surface area contributed by atoms with E-state index in [4.69, 9.17) is 0 Å². The second-order valence-electron chi connectivity index (χ2n) is 3.88. The third-order valence-electron chi connectivity index (χ3n) is 2.60. The molecule has 1 fully saturated rings. The topological polar surface area (TPSA) is 17.1 Å². The SMILES string of the molecule is CCCCC(=O)C=CC1CCSCC1. The van der Waals surface area contributed by atoms with Crippen LogP contribution < -0.4 is 0 Å². The van der Waals surface area contributed by atoms with Crippen molar-refractivity contribution in [3.8, 4) is 0 Å². The summed E-state index contributed by atoms with van der Waals surface area (Å²) >= 11 is 2.03. The number of thioether (sulfide) groups is 1. The first-order chi connectivity index (χ1) is 6.83. The number of carbonyl (C=O) groups is 1. The van der Waals surface area contributed by atoms with Crippen molar-refractivity contribution in [1.82, 2.24) is 0 Å². The second-order valence-corrected chi connectivity index (χ2v) is 5.10. The summed E-state index contributed by atoms with van der Waals surface area (Å²) in [6, 6.07) is 0. The van der Waals surface area contributed by atoms with Crippen LogP contribution in [0.1, 0.15) is 39.0 Å². The van der Waals surface area contributed by atoms with Crippen LogP contribution in [0.15, 0.2) is 12.2 Å². The molecule has 1 heterocycles. The van der Waals surface area contributed by atoms with E-state index in [1.165, 1.54) is 24.3 Å². The molecule has 1 aliphatic heterocycles. The molecule has 0 bridgehead atoms. The van der Waals surface area contributed by atoms with Crippen LogP contribution in [0, 0.1) is 5.92 Å². The standard InChI is InChI=1S/C12H20OS/c1-2-3-4-12(13)6-5-11-7-9-14-10-8-11/h5-6,11H,2-4,7-10H2,1H3. The molecule has 0 saturated carbocycles. The Morgan fingerprint density at radius 3 is 2.79 bits per heavy atom. The van der Waals surface area contributed by atoms with Crippen molar-refractivity contribution in [2.75, 3.05) is 11.5 Å². The number of ketones is 1. The highest BCUT2D eigenvalue weighted by Crippen LogP contribution is 2.23. The normalized spacial score (nSPS) is 18.9. The predicted molar refractivity (Wildman–Crippen MR) is 63.7 cm³/mol. The van der Waals surface area contributed by atoms with Crippen LogP contribution in [0.4, 0.5) is 0 Å². The van der Waals surface area contributed by atoms with Crippen LogP contribution in [-0.2, 0) is 4.79 Å². The van der Waals surface area contributed by atoms with Crippen LogP contribution in [-0.4, -0.2) is 17.3 Å². The van der Waals surface area contributed by atoms with E-state index in [0.29, 0.717) is 11.7 Å². The molecule has 0 aromatic carbocycles. The largest absolute Gasteiger partial charge is 0.295 e. The Bertz CT molecular complexity index is 192. The Labute approximate surface area is 91.3 Å². The fraction of sp³-hybridized carbons (Fsp3) is 0.750. The van der Waals surface area contributed by atoms with Crippen LogP contribution in [0.25, 0.3) is 0 Å². The molecule has 1 rings (SSSR count). The molecule has 0 spiro atoms. The van der Waals surface area contributed by atoms with Gasteiger partial charge in [-0.15, -0.1) is 0 Å². The lowest BCUT2D eigenvalue weighted by molar-refractivity contribution is -0.114. The van der Waals surface area contributed by atoms with Crippen molar-refractivity contribution in [3.05, 3.63) is 12.2 Å². The van der Waals surface area contributed by atoms with Gasteiger partial charge >= 0.3 is 0 Å². The zero-order valence-electron chi connectivity index (χ0n) is 9.00. The average Bonchev–Trinajstić information content (AvgIpc) is 2.25. The smallest absolute Gasteiger partial charge is 0.155 e. The molecule has 0 amide bonds. The molecule has 0 aliphatic carbocycles. The number of carbonyl (C=O) groups excluding carboxylic acids is 1.